The Morgan fingerprint density at radius 1 is 1.12 bits per heavy atom. The largest absolute Gasteiger partial charge is 0.497 e. The molecule has 130 valence electrons. The maximum atomic E-state index is 13.1. The van der Waals surface area contributed by atoms with Crippen LogP contribution in [-0.2, 0) is 0 Å². The molecule has 1 aliphatic heterocycles. The lowest BCUT2D eigenvalue weighted by atomic mass is 10.2. The number of pyridine rings is 1. The number of aromatic nitrogens is 1. The van der Waals surface area contributed by atoms with Gasteiger partial charge in [0.15, 0.2) is 6.17 Å². The van der Waals surface area contributed by atoms with Gasteiger partial charge in [0, 0.05) is 12.3 Å². The van der Waals surface area contributed by atoms with Crippen LogP contribution in [0.15, 0.2) is 66.9 Å². The topological polar surface area (TPSA) is 54.5 Å². The molecule has 0 aliphatic carbocycles. The molecule has 0 radical (unpaired) electrons. The maximum Gasteiger partial charge on any atom is 0.262 e. The van der Waals surface area contributed by atoms with Gasteiger partial charge < -0.3 is 10.1 Å². The molecular weight excluding hydrogens is 350 g/mol. The fourth-order valence-electron chi connectivity index (χ4n) is 3.07. The Balaban J connectivity index is 1.81. The molecule has 1 unspecified atom stereocenters. The van der Waals surface area contributed by atoms with Crippen molar-refractivity contribution >= 4 is 28.9 Å². The van der Waals surface area contributed by atoms with Gasteiger partial charge in [-0.15, -0.1) is 0 Å². The Kier molecular flexibility index (Phi) is 4.22. The number of carbonyl (C=O) groups excluding carboxylic acids is 1. The second-order valence-electron chi connectivity index (χ2n) is 5.84. The van der Waals surface area contributed by atoms with Gasteiger partial charge in [-0.3, -0.25) is 14.7 Å². The smallest absolute Gasteiger partial charge is 0.262 e. The summed E-state index contributed by atoms with van der Waals surface area (Å²) in [5.74, 6) is 0.557. The van der Waals surface area contributed by atoms with Crippen molar-refractivity contribution in [3.05, 3.63) is 83.1 Å². The lowest BCUT2D eigenvalue weighted by Crippen LogP contribution is -2.32. The zero-order valence-corrected chi connectivity index (χ0v) is 14.8. The molecule has 3 aromatic rings. The second kappa shape index (κ2) is 6.69. The molecule has 0 bridgehead atoms. The number of rotatable bonds is 4. The zero-order chi connectivity index (χ0) is 18.1. The molecule has 0 saturated heterocycles. The van der Waals surface area contributed by atoms with E-state index in [0.717, 1.165) is 11.4 Å². The quantitative estimate of drug-likeness (QED) is 0.738. The van der Waals surface area contributed by atoms with Crippen LogP contribution in [0.3, 0.4) is 0 Å². The Hall–Kier alpha value is -3.05. The number of anilines is 2. The first-order chi connectivity index (χ1) is 12.7. The Morgan fingerprint density at radius 3 is 2.77 bits per heavy atom. The van der Waals surface area contributed by atoms with Crippen molar-refractivity contribution in [2.45, 2.75) is 6.17 Å². The van der Waals surface area contributed by atoms with Gasteiger partial charge >= 0.3 is 0 Å². The normalized spacial score (nSPS) is 15.7. The van der Waals surface area contributed by atoms with Crippen LogP contribution in [0.4, 0.5) is 11.4 Å². The summed E-state index contributed by atoms with van der Waals surface area (Å²) in [6.45, 7) is 0. The van der Waals surface area contributed by atoms with E-state index >= 15 is 0 Å². The summed E-state index contributed by atoms with van der Waals surface area (Å²) < 4.78 is 5.30. The molecule has 0 saturated carbocycles. The van der Waals surface area contributed by atoms with Crippen LogP contribution in [0, 0.1) is 0 Å². The highest BCUT2D eigenvalue weighted by Gasteiger charge is 2.39. The van der Waals surface area contributed by atoms with Gasteiger partial charge in [0.05, 0.1) is 34.8 Å². The number of benzene rings is 2. The Labute approximate surface area is 156 Å². The van der Waals surface area contributed by atoms with E-state index in [1.807, 2.05) is 42.5 Å². The highest BCUT2D eigenvalue weighted by Crippen LogP contribution is 2.38. The lowest BCUT2D eigenvalue weighted by Gasteiger charge is -2.27. The highest BCUT2D eigenvalue weighted by molar-refractivity contribution is 6.33. The van der Waals surface area contributed by atoms with Gasteiger partial charge in [0.2, 0.25) is 0 Å². The lowest BCUT2D eigenvalue weighted by molar-refractivity contribution is 0.0993. The van der Waals surface area contributed by atoms with E-state index in [0.29, 0.717) is 22.0 Å². The summed E-state index contributed by atoms with van der Waals surface area (Å²) in [5, 5.41) is 3.93. The number of halogens is 1. The van der Waals surface area contributed by atoms with E-state index in [-0.39, 0.29) is 5.91 Å². The molecule has 2 heterocycles. The van der Waals surface area contributed by atoms with E-state index in [1.54, 1.807) is 36.4 Å². The second-order valence-corrected chi connectivity index (χ2v) is 6.25. The highest BCUT2D eigenvalue weighted by atomic mass is 35.5. The molecule has 4 rings (SSSR count). The van der Waals surface area contributed by atoms with Crippen molar-refractivity contribution in [2.75, 3.05) is 17.3 Å². The van der Waals surface area contributed by atoms with E-state index in [1.165, 1.54) is 0 Å². The van der Waals surface area contributed by atoms with Crippen LogP contribution in [0.2, 0.25) is 5.02 Å². The third kappa shape index (κ3) is 2.76. The number of nitrogens with zero attached hydrogens (tertiary/aromatic N) is 2. The van der Waals surface area contributed by atoms with Crippen LogP contribution in [0.5, 0.6) is 5.75 Å². The van der Waals surface area contributed by atoms with Crippen molar-refractivity contribution in [1.29, 1.82) is 0 Å². The first kappa shape index (κ1) is 16.4. The van der Waals surface area contributed by atoms with Crippen molar-refractivity contribution in [3.63, 3.8) is 0 Å². The van der Waals surface area contributed by atoms with Gasteiger partial charge in [0.25, 0.3) is 5.91 Å². The monoisotopic (exact) mass is 365 g/mol. The summed E-state index contributed by atoms with van der Waals surface area (Å²) in [6, 6.07) is 18.4. The number of para-hydroxylation sites is 1. The Morgan fingerprint density at radius 2 is 1.96 bits per heavy atom. The molecule has 0 fully saturated rings. The molecule has 5 nitrogen and oxygen atoms in total. The molecular formula is C20H16ClN3O2. The number of amides is 1. The summed E-state index contributed by atoms with van der Waals surface area (Å²) in [4.78, 5) is 19.2. The standard InChI is InChI=1S/C20H16ClN3O2/c1-26-14-7-4-6-13(12-14)24-19(23-17-10-3-2-9-16(17)21)18-15(20(24)25)8-5-11-22-18/h2-12,19,23H,1H3. The summed E-state index contributed by atoms with van der Waals surface area (Å²) in [5.41, 5.74) is 2.69. The van der Waals surface area contributed by atoms with E-state index < -0.39 is 6.17 Å². The van der Waals surface area contributed by atoms with Gasteiger partial charge in [0.1, 0.15) is 5.75 Å². The predicted octanol–water partition coefficient (Wildman–Crippen LogP) is 4.51. The number of fused-ring (bicyclic) bond motifs is 1. The third-order valence-corrected chi connectivity index (χ3v) is 4.63. The van der Waals surface area contributed by atoms with Crippen LogP contribution in [-0.4, -0.2) is 18.0 Å². The first-order valence-electron chi connectivity index (χ1n) is 8.12. The molecule has 0 spiro atoms. The average molecular weight is 366 g/mol. The first-order valence-corrected chi connectivity index (χ1v) is 8.50. The minimum Gasteiger partial charge on any atom is -0.497 e. The minimum atomic E-state index is -0.467. The molecule has 1 aliphatic rings. The predicted molar refractivity (Wildman–Crippen MR) is 102 cm³/mol. The average Bonchev–Trinajstić information content (AvgIpc) is 2.96. The van der Waals surface area contributed by atoms with Gasteiger partial charge in [-0.2, -0.15) is 0 Å². The molecule has 1 amide bonds. The SMILES string of the molecule is COc1cccc(N2C(=O)c3cccnc3C2Nc2ccccc2Cl)c1. The van der Waals surface area contributed by atoms with Crippen LogP contribution in [0.25, 0.3) is 0 Å². The molecule has 6 heteroatoms. The number of hydrogen-bond acceptors (Lipinski definition) is 4. The maximum absolute atomic E-state index is 13.1. The molecule has 1 N–H and O–H groups in total. The zero-order valence-electron chi connectivity index (χ0n) is 14.0. The van der Waals surface area contributed by atoms with E-state index in [2.05, 4.69) is 10.3 Å². The number of carbonyl (C=O) groups is 1. The van der Waals surface area contributed by atoms with Gasteiger partial charge in [-0.25, -0.2) is 0 Å². The van der Waals surface area contributed by atoms with Gasteiger partial charge in [-0.05, 0) is 36.4 Å². The number of nitrogens with one attached hydrogen (secondary N) is 1. The van der Waals surface area contributed by atoms with E-state index in [4.69, 9.17) is 16.3 Å². The van der Waals surface area contributed by atoms with E-state index in [9.17, 15) is 4.79 Å². The number of ether oxygens (including phenoxy) is 1. The minimum absolute atomic E-state index is 0.120. The van der Waals surface area contributed by atoms with Crippen molar-refractivity contribution < 1.29 is 9.53 Å². The van der Waals surface area contributed by atoms with Gasteiger partial charge in [-0.1, -0.05) is 29.8 Å². The molecule has 1 atom stereocenters. The fraction of sp³-hybridized carbons (Fsp3) is 0.100. The van der Waals surface area contributed by atoms with Crippen LogP contribution in [0.1, 0.15) is 22.2 Å². The van der Waals surface area contributed by atoms with Crippen LogP contribution < -0.4 is 15.0 Å². The third-order valence-electron chi connectivity index (χ3n) is 4.30. The Bertz CT molecular complexity index is 977. The summed E-state index contributed by atoms with van der Waals surface area (Å²) >= 11 is 6.30. The molecule has 2 aromatic carbocycles. The van der Waals surface area contributed by atoms with Crippen molar-refractivity contribution in [1.82, 2.24) is 4.98 Å². The van der Waals surface area contributed by atoms with Crippen LogP contribution >= 0.6 is 11.6 Å². The van der Waals surface area contributed by atoms with Crippen molar-refractivity contribution in [3.8, 4) is 5.75 Å². The number of hydrogen-bond donors (Lipinski definition) is 1. The van der Waals surface area contributed by atoms with Crippen molar-refractivity contribution in [2.24, 2.45) is 0 Å². The summed E-state index contributed by atoms with van der Waals surface area (Å²) in [7, 11) is 1.60. The molecule has 26 heavy (non-hydrogen) atoms. The summed E-state index contributed by atoms with van der Waals surface area (Å²) in [6.07, 6.45) is 1.22. The molecule has 1 aromatic heterocycles. The number of methoxy groups -OCH3 is 1. The fourth-order valence-corrected chi connectivity index (χ4v) is 3.26.